The van der Waals surface area contributed by atoms with E-state index in [1.807, 2.05) is 24.4 Å². The predicted molar refractivity (Wildman–Crippen MR) is 136 cm³/mol. The lowest BCUT2D eigenvalue weighted by molar-refractivity contribution is 0.129. The number of aliphatic imine (C=N–C) groups is 1. The number of rotatable bonds is 12. The summed E-state index contributed by atoms with van der Waals surface area (Å²) in [5, 5.41) is 3.89. The first-order valence-corrected chi connectivity index (χ1v) is 12.0. The van der Waals surface area contributed by atoms with E-state index in [0.717, 1.165) is 68.4 Å². The van der Waals surface area contributed by atoms with Crippen molar-refractivity contribution in [1.82, 2.24) is 20.1 Å². The lowest BCUT2D eigenvalue weighted by atomic mass is 9.91. The highest BCUT2D eigenvalue weighted by Gasteiger charge is 2.20. The minimum Gasteiger partial charge on any atom is -0.351 e. The second kappa shape index (κ2) is 13.4. The Labute approximate surface area is 198 Å². The Morgan fingerprint density at radius 3 is 2.47 bits per heavy atom. The number of pyridine rings is 1. The van der Waals surface area contributed by atoms with Crippen molar-refractivity contribution in [2.24, 2.45) is 4.99 Å². The Bertz CT molecular complexity index is 829. The van der Waals surface area contributed by atoms with Gasteiger partial charge in [-0.3, -0.25) is 9.98 Å². The van der Waals surface area contributed by atoms with Crippen LogP contribution in [-0.2, 0) is 0 Å². The van der Waals surface area contributed by atoms with E-state index in [2.05, 4.69) is 55.9 Å². The Morgan fingerprint density at radius 1 is 1.09 bits per heavy atom. The lowest BCUT2D eigenvalue weighted by Gasteiger charge is -2.35. The molecule has 172 valence electrons. The Morgan fingerprint density at radius 2 is 1.81 bits per heavy atom. The molecule has 6 heteroatoms. The van der Waals surface area contributed by atoms with E-state index >= 15 is 0 Å². The molecule has 2 heterocycles. The van der Waals surface area contributed by atoms with Gasteiger partial charge in [0.15, 0.2) is 0 Å². The number of piperazine rings is 1. The van der Waals surface area contributed by atoms with Gasteiger partial charge >= 0.3 is 0 Å². The fourth-order valence-corrected chi connectivity index (χ4v) is 4.34. The molecular weight excluding hydrogens is 418 g/mol. The van der Waals surface area contributed by atoms with Crippen LogP contribution in [0.2, 0.25) is 5.02 Å². The molecule has 1 aliphatic heterocycles. The third kappa shape index (κ3) is 8.05. The largest absolute Gasteiger partial charge is 0.351 e. The molecule has 1 atom stereocenters. The number of unbranched alkanes of at least 4 members (excludes halogenated alkanes) is 1. The van der Waals surface area contributed by atoms with Crippen LogP contribution in [0.25, 0.3) is 0 Å². The van der Waals surface area contributed by atoms with Gasteiger partial charge in [-0.05, 0) is 68.6 Å². The SMILES string of the molecule is C=C(CCCCN1CCN(CCC(c2ccc(Cl)cc2)c2ccccn2)CC1)NC=NC. The molecule has 1 fully saturated rings. The maximum Gasteiger partial charge on any atom is 0.0861 e. The second-order valence-electron chi connectivity index (χ2n) is 8.42. The third-order valence-electron chi connectivity index (χ3n) is 6.12. The Balaban J connectivity index is 1.41. The van der Waals surface area contributed by atoms with Crippen molar-refractivity contribution in [3.8, 4) is 0 Å². The average Bonchev–Trinajstić information content (AvgIpc) is 2.83. The van der Waals surface area contributed by atoms with Crippen LogP contribution < -0.4 is 5.32 Å². The van der Waals surface area contributed by atoms with Gasteiger partial charge in [0.25, 0.3) is 0 Å². The smallest absolute Gasteiger partial charge is 0.0861 e. The van der Waals surface area contributed by atoms with Gasteiger partial charge in [0.05, 0.1) is 6.34 Å². The van der Waals surface area contributed by atoms with Gasteiger partial charge in [-0.25, -0.2) is 0 Å². The minimum atomic E-state index is 0.297. The number of aromatic nitrogens is 1. The molecule has 0 radical (unpaired) electrons. The van der Waals surface area contributed by atoms with Crippen molar-refractivity contribution in [3.63, 3.8) is 0 Å². The highest BCUT2D eigenvalue weighted by atomic mass is 35.5. The molecule has 1 aromatic heterocycles. The normalized spacial score (nSPS) is 16.3. The number of nitrogens with zero attached hydrogens (tertiary/aromatic N) is 4. The maximum atomic E-state index is 6.11. The van der Waals surface area contributed by atoms with Gasteiger partial charge in [-0.2, -0.15) is 0 Å². The van der Waals surface area contributed by atoms with E-state index in [4.69, 9.17) is 11.6 Å². The van der Waals surface area contributed by atoms with E-state index in [9.17, 15) is 0 Å². The van der Waals surface area contributed by atoms with Crippen LogP contribution in [0.3, 0.4) is 0 Å². The monoisotopic (exact) mass is 453 g/mol. The second-order valence-corrected chi connectivity index (χ2v) is 8.86. The number of nitrogens with one attached hydrogen (secondary N) is 1. The van der Waals surface area contributed by atoms with E-state index < -0.39 is 0 Å². The van der Waals surface area contributed by atoms with Crippen molar-refractivity contribution in [2.75, 3.05) is 46.3 Å². The maximum absolute atomic E-state index is 6.11. The van der Waals surface area contributed by atoms with Gasteiger partial charge in [-0.15, -0.1) is 0 Å². The Kier molecular flexibility index (Phi) is 10.2. The summed E-state index contributed by atoms with van der Waals surface area (Å²) in [5.41, 5.74) is 3.46. The standard InChI is InChI=1S/C26H36ClN5/c1-22(30-21-28-2)7-4-6-15-31-17-19-32(20-18-31)16-13-25(26-8-3-5-14-29-26)23-9-11-24(27)12-10-23/h3,5,8-12,14,21,25H,1,4,6-7,13,15-20H2,2H3,(H,28,30). The Hall–Kier alpha value is -2.21. The van der Waals surface area contributed by atoms with Crippen molar-refractivity contribution in [1.29, 1.82) is 0 Å². The summed E-state index contributed by atoms with van der Waals surface area (Å²) >= 11 is 6.11. The van der Waals surface area contributed by atoms with Crippen molar-refractivity contribution in [2.45, 2.75) is 31.6 Å². The molecule has 0 bridgehead atoms. The van der Waals surface area contributed by atoms with E-state index in [0.29, 0.717) is 5.92 Å². The molecule has 1 unspecified atom stereocenters. The molecule has 32 heavy (non-hydrogen) atoms. The molecule has 5 nitrogen and oxygen atoms in total. The lowest BCUT2D eigenvalue weighted by Crippen LogP contribution is -2.46. The van der Waals surface area contributed by atoms with Crippen LogP contribution >= 0.6 is 11.6 Å². The van der Waals surface area contributed by atoms with Gasteiger partial charge in [0, 0.05) is 61.8 Å². The molecule has 0 spiro atoms. The molecule has 0 amide bonds. The first-order valence-electron chi connectivity index (χ1n) is 11.6. The summed E-state index contributed by atoms with van der Waals surface area (Å²) in [6.07, 6.45) is 8.03. The summed E-state index contributed by atoms with van der Waals surface area (Å²) in [7, 11) is 1.76. The van der Waals surface area contributed by atoms with Crippen molar-refractivity contribution < 1.29 is 0 Å². The van der Waals surface area contributed by atoms with E-state index in [-0.39, 0.29) is 0 Å². The zero-order valence-electron chi connectivity index (χ0n) is 19.2. The number of halogens is 1. The van der Waals surface area contributed by atoms with Crippen LogP contribution in [0.5, 0.6) is 0 Å². The molecular formula is C26H36ClN5. The quantitative estimate of drug-likeness (QED) is 0.284. The number of benzene rings is 1. The molecule has 1 N–H and O–H groups in total. The van der Waals surface area contributed by atoms with Gasteiger partial charge in [-0.1, -0.05) is 36.4 Å². The van der Waals surface area contributed by atoms with Crippen LogP contribution in [0.1, 0.15) is 42.9 Å². The topological polar surface area (TPSA) is 43.8 Å². The summed E-state index contributed by atoms with van der Waals surface area (Å²) < 4.78 is 0. The fraction of sp³-hybridized carbons (Fsp3) is 0.462. The van der Waals surface area contributed by atoms with Crippen molar-refractivity contribution >= 4 is 17.9 Å². The summed E-state index contributed by atoms with van der Waals surface area (Å²) in [4.78, 5) is 13.8. The minimum absolute atomic E-state index is 0.297. The zero-order chi connectivity index (χ0) is 22.6. The zero-order valence-corrected chi connectivity index (χ0v) is 20.0. The highest BCUT2D eigenvalue weighted by molar-refractivity contribution is 6.30. The molecule has 1 aliphatic rings. The van der Waals surface area contributed by atoms with Crippen LogP contribution in [0.15, 0.2) is 65.9 Å². The summed E-state index contributed by atoms with van der Waals surface area (Å²) in [5.74, 6) is 0.297. The van der Waals surface area contributed by atoms with E-state index in [1.54, 1.807) is 13.4 Å². The average molecular weight is 454 g/mol. The fourth-order valence-electron chi connectivity index (χ4n) is 4.21. The molecule has 1 saturated heterocycles. The number of hydrogen-bond donors (Lipinski definition) is 1. The summed E-state index contributed by atoms with van der Waals surface area (Å²) in [6, 6.07) is 14.4. The van der Waals surface area contributed by atoms with Crippen molar-refractivity contribution in [3.05, 3.63) is 77.2 Å². The first-order chi connectivity index (χ1) is 15.7. The van der Waals surface area contributed by atoms with Crippen LogP contribution in [-0.4, -0.2) is 67.4 Å². The summed E-state index contributed by atoms with van der Waals surface area (Å²) in [6.45, 7) is 10.9. The number of hydrogen-bond acceptors (Lipinski definition) is 4. The van der Waals surface area contributed by atoms with E-state index in [1.165, 1.54) is 18.5 Å². The molecule has 2 aromatic rings. The molecule has 1 aromatic carbocycles. The van der Waals surface area contributed by atoms with Gasteiger partial charge in [0.2, 0.25) is 0 Å². The highest BCUT2D eigenvalue weighted by Crippen LogP contribution is 2.28. The van der Waals surface area contributed by atoms with Crippen LogP contribution in [0.4, 0.5) is 0 Å². The van der Waals surface area contributed by atoms with Crippen LogP contribution in [0, 0.1) is 0 Å². The number of allylic oxidation sites excluding steroid dienone is 1. The predicted octanol–water partition coefficient (Wildman–Crippen LogP) is 4.81. The molecule has 0 aliphatic carbocycles. The molecule has 3 rings (SSSR count). The van der Waals surface area contributed by atoms with Gasteiger partial charge in [0.1, 0.15) is 0 Å². The molecule has 0 saturated carbocycles. The van der Waals surface area contributed by atoms with Gasteiger partial charge < -0.3 is 15.1 Å². The third-order valence-corrected chi connectivity index (χ3v) is 6.37. The first kappa shape index (κ1) is 24.4.